The summed E-state index contributed by atoms with van der Waals surface area (Å²) in [5, 5.41) is 0.597. The Morgan fingerprint density at radius 3 is 2.43 bits per heavy atom. The van der Waals surface area contributed by atoms with Crippen LogP contribution in [0.25, 0.3) is 6.08 Å². The summed E-state index contributed by atoms with van der Waals surface area (Å²) in [7, 11) is 1.67. The first-order valence-corrected chi connectivity index (χ1v) is 9.87. The number of hydrogen-bond acceptors (Lipinski definition) is 2. The molecule has 0 aliphatic carbocycles. The Hall–Kier alpha value is -3.61. The van der Waals surface area contributed by atoms with Crippen molar-refractivity contribution in [3.8, 4) is 11.8 Å². The molecular formula is C26H18ClNO2. The third-order valence-corrected chi connectivity index (χ3v) is 5.18. The Kier molecular flexibility index (Phi) is 5.52. The van der Waals surface area contributed by atoms with Gasteiger partial charge in [-0.2, -0.15) is 0 Å². The van der Waals surface area contributed by atoms with Crippen LogP contribution in [-0.4, -0.2) is 18.7 Å². The summed E-state index contributed by atoms with van der Waals surface area (Å²) >= 11 is 5.92. The van der Waals surface area contributed by atoms with Crippen LogP contribution in [0.2, 0.25) is 5.02 Å². The van der Waals surface area contributed by atoms with Crippen molar-refractivity contribution in [1.29, 1.82) is 0 Å². The largest absolute Gasteiger partial charge is 0.311 e. The average Bonchev–Trinajstić information content (AvgIpc) is 2.77. The Bertz CT molecular complexity index is 1220. The second-order valence-corrected chi connectivity index (χ2v) is 7.44. The van der Waals surface area contributed by atoms with Crippen LogP contribution < -0.4 is 4.90 Å². The first kappa shape index (κ1) is 19.7. The van der Waals surface area contributed by atoms with Gasteiger partial charge in [0.2, 0.25) is 5.78 Å². The van der Waals surface area contributed by atoms with Crippen LogP contribution in [0.15, 0.2) is 78.4 Å². The highest BCUT2D eigenvalue weighted by Gasteiger charge is 2.32. The number of halogens is 1. The molecule has 3 aromatic rings. The van der Waals surface area contributed by atoms with E-state index >= 15 is 0 Å². The fourth-order valence-corrected chi connectivity index (χ4v) is 3.44. The predicted octanol–water partition coefficient (Wildman–Crippen LogP) is 5.18. The Morgan fingerprint density at radius 1 is 0.967 bits per heavy atom. The van der Waals surface area contributed by atoms with E-state index in [-0.39, 0.29) is 17.3 Å². The maximum Gasteiger partial charge on any atom is 0.262 e. The molecule has 0 radical (unpaired) electrons. The summed E-state index contributed by atoms with van der Waals surface area (Å²) in [6.07, 6.45) is 2.24. The highest BCUT2D eigenvalue weighted by Crippen LogP contribution is 2.31. The number of ketones is 1. The van der Waals surface area contributed by atoms with Crippen molar-refractivity contribution in [3.63, 3.8) is 0 Å². The zero-order chi connectivity index (χ0) is 21.1. The van der Waals surface area contributed by atoms with Crippen molar-refractivity contribution >= 4 is 35.1 Å². The zero-order valence-corrected chi connectivity index (χ0v) is 17.1. The average molecular weight is 412 g/mol. The molecule has 0 spiro atoms. The van der Waals surface area contributed by atoms with Gasteiger partial charge in [0.05, 0.1) is 11.3 Å². The molecule has 0 saturated carbocycles. The Labute approximate surface area is 180 Å². The Morgan fingerprint density at radius 2 is 1.70 bits per heavy atom. The minimum atomic E-state index is -0.328. The number of carbonyl (C=O) groups is 2. The van der Waals surface area contributed by atoms with E-state index in [4.69, 9.17) is 11.6 Å². The van der Waals surface area contributed by atoms with Crippen LogP contribution in [0.5, 0.6) is 0 Å². The van der Waals surface area contributed by atoms with E-state index in [1.807, 2.05) is 36.4 Å². The summed E-state index contributed by atoms with van der Waals surface area (Å²) in [5.74, 6) is 5.64. The highest BCUT2D eigenvalue weighted by molar-refractivity contribution is 6.36. The van der Waals surface area contributed by atoms with Crippen molar-refractivity contribution in [3.05, 3.63) is 106 Å². The number of amides is 1. The lowest BCUT2D eigenvalue weighted by atomic mass is 9.92. The van der Waals surface area contributed by atoms with Crippen LogP contribution in [-0.2, 0) is 11.2 Å². The van der Waals surface area contributed by atoms with Gasteiger partial charge in [-0.1, -0.05) is 65.9 Å². The lowest BCUT2D eigenvalue weighted by Crippen LogP contribution is -2.36. The smallest absolute Gasteiger partial charge is 0.262 e. The van der Waals surface area contributed by atoms with E-state index in [1.54, 1.807) is 49.5 Å². The standard InChI is InChI=1S/C26H18ClNO2/c1-28-24-15-12-19(9-5-8-18-6-3-2-4-7-18)16-22(24)25(29)23(26(28)30)17-20-10-13-21(27)14-11-20/h2-4,6-7,10-17H,8H2,1H3/b23-17+. The number of Topliss-reactive ketones (excluding diaryl/α,β-unsaturated/α-hetero) is 1. The highest BCUT2D eigenvalue weighted by atomic mass is 35.5. The van der Waals surface area contributed by atoms with Crippen molar-refractivity contribution in [2.75, 3.05) is 11.9 Å². The third kappa shape index (κ3) is 4.05. The second kappa shape index (κ2) is 8.41. The van der Waals surface area contributed by atoms with E-state index in [0.29, 0.717) is 22.7 Å². The van der Waals surface area contributed by atoms with Gasteiger partial charge in [-0.15, -0.1) is 0 Å². The summed E-state index contributed by atoms with van der Waals surface area (Å²) in [5.41, 5.74) is 3.81. The van der Waals surface area contributed by atoms with Gasteiger partial charge in [0.1, 0.15) is 0 Å². The topological polar surface area (TPSA) is 37.4 Å². The molecule has 0 unspecified atom stereocenters. The molecule has 3 nitrogen and oxygen atoms in total. The van der Waals surface area contributed by atoms with Crippen molar-refractivity contribution in [1.82, 2.24) is 0 Å². The normalized spacial score (nSPS) is 14.3. The molecule has 0 atom stereocenters. The first-order chi connectivity index (χ1) is 14.5. The third-order valence-electron chi connectivity index (χ3n) is 4.93. The molecule has 0 aromatic heterocycles. The van der Waals surface area contributed by atoms with Crippen LogP contribution in [0.4, 0.5) is 5.69 Å². The van der Waals surface area contributed by atoms with Crippen LogP contribution in [0.1, 0.15) is 27.0 Å². The number of likely N-dealkylation sites (N-methyl/N-ethyl adjacent to an activating group) is 1. The molecule has 0 bridgehead atoms. The molecule has 0 fully saturated rings. The molecule has 0 N–H and O–H groups in total. The lowest BCUT2D eigenvalue weighted by molar-refractivity contribution is -0.114. The van der Waals surface area contributed by atoms with Crippen molar-refractivity contribution < 1.29 is 9.59 Å². The van der Waals surface area contributed by atoms with Crippen molar-refractivity contribution in [2.45, 2.75) is 6.42 Å². The quantitative estimate of drug-likeness (QED) is 0.331. The maximum atomic E-state index is 13.1. The summed E-state index contributed by atoms with van der Waals surface area (Å²) in [4.78, 5) is 27.4. The van der Waals surface area contributed by atoms with Gasteiger partial charge in [0.25, 0.3) is 5.91 Å². The van der Waals surface area contributed by atoms with Crippen LogP contribution in [0.3, 0.4) is 0 Å². The number of nitrogens with zero attached hydrogens (tertiary/aromatic N) is 1. The van der Waals surface area contributed by atoms with E-state index in [2.05, 4.69) is 11.8 Å². The van der Waals surface area contributed by atoms with Gasteiger partial charge < -0.3 is 4.90 Å². The molecule has 4 heteroatoms. The molecule has 1 heterocycles. The number of hydrogen-bond donors (Lipinski definition) is 0. The van der Waals surface area contributed by atoms with Gasteiger partial charge in [0, 0.05) is 29.6 Å². The summed E-state index contributed by atoms with van der Waals surface area (Å²) in [6.45, 7) is 0. The van der Waals surface area contributed by atoms with E-state index in [1.165, 1.54) is 4.90 Å². The monoisotopic (exact) mass is 411 g/mol. The first-order valence-electron chi connectivity index (χ1n) is 9.50. The van der Waals surface area contributed by atoms with E-state index in [9.17, 15) is 9.59 Å². The molecule has 0 saturated heterocycles. The number of carbonyl (C=O) groups excluding carboxylic acids is 2. The molecule has 1 amide bonds. The minimum absolute atomic E-state index is 0.127. The fraction of sp³-hybridized carbons (Fsp3) is 0.0769. The number of benzene rings is 3. The molecule has 3 aromatic carbocycles. The van der Waals surface area contributed by atoms with Gasteiger partial charge >= 0.3 is 0 Å². The second-order valence-electron chi connectivity index (χ2n) is 7.00. The van der Waals surface area contributed by atoms with Crippen molar-refractivity contribution in [2.24, 2.45) is 0 Å². The summed E-state index contributed by atoms with van der Waals surface area (Å²) < 4.78 is 0. The van der Waals surface area contributed by atoms with Gasteiger partial charge in [-0.3, -0.25) is 9.59 Å². The Balaban J connectivity index is 1.66. The molecule has 1 aliphatic heterocycles. The van der Waals surface area contributed by atoms with E-state index < -0.39 is 0 Å². The maximum absolute atomic E-state index is 13.1. The zero-order valence-electron chi connectivity index (χ0n) is 16.4. The van der Waals surface area contributed by atoms with Gasteiger partial charge in [-0.05, 0) is 47.5 Å². The summed E-state index contributed by atoms with van der Waals surface area (Å²) in [6, 6.07) is 22.4. The van der Waals surface area contributed by atoms with Gasteiger partial charge in [0.15, 0.2) is 0 Å². The molecule has 1 aliphatic rings. The SMILES string of the molecule is CN1C(=O)/C(=C/c2ccc(Cl)cc2)C(=O)c2cc(C#CCc3ccccc3)ccc21. The predicted molar refractivity (Wildman–Crippen MR) is 121 cm³/mol. The lowest BCUT2D eigenvalue weighted by Gasteiger charge is -2.26. The molecule has 30 heavy (non-hydrogen) atoms. The van der Waals surface area contributed by atoms with Crippen LogP contribution in [0, 0.1) is 11.8 Å². The minimum Gasteiger partial charge on any atom is -0.311 e. The molecular weight excluding hydrogens is 394 g/mol. The molecule has 146 valence electrons. The van der Waals surface area contributed by atoms with E-state index in [0.717, 1.165) is 16.7 Å². The molecule has 4 rings (SSSR count). The fourth-order valence-electron chi connectivity index (χ4n) is 3.32. The number of rotatable bonds is 2. The number of anilines is 1. The number of fused-ring (bicyclic) bond motifs is 1. The van der Waals surface area contributed by atoms with Crippen LogP contribution >= 0.6 is 11.6 Å². The van der Waals surface area contributed by atoms with Gasteiger partial charge in [-0.25, -0.2) is 0 Å².